The van der Waals surface area contributed by atoms with Gasteiger partial charge in [0.1, 0.15) is 11.4 Å². The first-order valence-corrected chi connectivity index (χ1v) is 9.37. The summed E-state index contributed by atoms with van der Waals surface area (Å²) in [6.07, 6.45) is 10.3. The minimum atomic E-state index is -0.115. The Kier molecular flexibility index (Phi) is 2.64. The third kappa shape index (κ3) is 1.40. The van der Waals surface area contributed by atoms with Gasteiger partial charge in [0.25, 0.3) is 0 Å². The van der Waals surface area contributed by atoms with Crippen LogP contribution in [-0.4, -0.2) is 17.5 Å². The van der Waals surface area contributed by atoms with Gasteiger partial charge in [-0.2, -0.15) is 0 Å². The van der Waals surface area contributed by atoms with Crippen LogP contribution in [0.5, 0.6) is 0 Å². The average Bonchev–Trinajstić information content (AvgIpc) is 2.71. The number of rotatable bonds is 0. The molecule has 2 heterocycles. The van der Waals surface area contributed by atoms with E-state index in [1.807, 2.05) is 0 Å². The van der Waals surface area contributed by atoms with Gasteiger partial charge in [0.15, 0.2) is 0 Å². The lowest BCUT2D eigenvalue weighted by molar-refractivity contribution is -0.412. The van der Waals surface area contributed by atoms with E-state index in [4.69, 9.17) is 9.78 Å². The summed E-state index contributed by atoms with van der Waals surface area (Å²) < 4.78 is 0. The van der Waals surface area contributed by atoms with Gasteiger partial charge in [0, 0.05) is 17.3 Å². The molecular formula is C19H28O3. The summed E-state index contributed by atoms with van der Waals surface area (Å²) in [5.41, 5.74) is 0.0681. The van der Waals surface area contributed by atoms with E-state index < -0.39 is 0 Å². The van der Waals surface area contributed by atoms with Gasteiger partial charge in [-0.3, -0.25) is 4.79 Å². The zero-order valence-corrected chi connectivity index (χ0v) is 13.9. The largest absolute Gasteiger partial charge is 0.299 e. The first-order chi connectivity index (χ1) is 10.5. The second-order valence-corrected chi connectivity index (χ2v) is 9.25. The molecule has 3 nitrogen and oxygen atoms in total. The molecule has 0 radical (unpaired) electrons. The van der Waals surface area contributed by atoms with Crippen LogP contribution in [0.15, 0.2) is 0 Å². The summed E-state index contributed by atoms with van der Waals surface area (Å²) in [6, 6.07) is 0. The Bertz CT molecular complexity index is 531. The highest BCUT2D eigenvalue weighted by molar-refractivity contribution is 5.87. The SMILES string of the molecule is C[C@]12CCC3CC1CCC1C4CCC(=O)[C@@]4(C)CC[C@@]12OO3. The van der Waals surface area contributed by atoms with Crippen molar-refractivity contribution in [2.45, 2.75) is 83.3 Å². The predicted molar refractivity (Wildman–Crippen MR) is 81.9 cm³/mol. The summed E-state index contributed by atoms with van der Waals surface area (Å²) in [6.45, 7) is 4.72. The van der Waals surface area contributed by atoms with E-state index in [1.165, 1.54) is 25.7 Å². The highest BCUT2D eigenvalue weighted by Gasteiger charge is 2.70. The maximum Gasteiger partial charge on any atom is 0.139 e. The number of carbonyl (C=O) groups is 1. The molecule has 0 aromatic heterocycles. The number of ketones is 1. The molecule has 0 N–H and O–H groups in total. The third-order valence-electron chi connectivity index (χ3n) is 8.80. The topological polar surface area (TPSA) is 35.5 Å². The highest BCUT2D eigenvalue weighted by Crippen LogP contribution is 2.69. The summed E-state index contributed by atoms with van der Waals surface area (Å²) in [4.78, 5) is 24.8. The zero-order chi connectivity index (χ0) is 15.2. The van der Waals surface area contributed by atoms with E-state index in [0.29, 0.717) is 23.7 Å². The van der Waals surface area contributed by atoms with Gasteiger partial charge in [-0.25, -0.2) is 9.78 Å². The van der Waals surface area contributed by atoms with Gasteiger partial charge in [-0.05, 0) is 69.1 Å². The van der Waals surface area contributed by atoms with Crippen LogP contribution in [-0.2, 0) is 14.6 Å². The van der Waals surface area contributed by atoms with E-state index in [9.17, 15) is 4.79 Å². The highest BCUT2D eigenvalue weighted by atomic mass is 17.2. The van der Waals surface area contributed by atoms with Crippen LogP contribution in [0.3, 0.4) is 0 Å². The molecule has 0 amide bonds. The van der Waals surface area contributed by atoms with Crippen molar-refractivity contribution in [3.8, 4) is 0 Å². The molecule has 0 aromatic carbocycles. The van der Waals surface area contributed by atoms with Gasteiger partial charge in [0.05, 0.1) is 6.10 Å². The van der Waals surface area contributed by atoms with Crippen molar-refractivity contribution in [2.75, 3.05) is 0 Å². The average molecular weight is 304 g/mol. The van der Waals surface area contributed by atoms with Crippen molar-refractivity contribution in [3.05, 3.63) is 0 Å². The van der Waals surface area contributed by atoms with Crippen LogP contribution in [0.4, 0.5) is 0 Å². The number of hydrogen-bond donors (Lipinski definition) is 0. The summed E-state index contributed by atoms with van der Waals surface area (Å²) >= 11 is 0. The molecule has 4 bridgehead atoms. The first-order valence-electron chi connectivity index (χ1n) is 9.37. The van der Waals surface area contributed by atoms with E-state index in [0.717, 1.165) is 38.0 Å². The number of hydrogen-bond acceptors (Lipinski definition) is 3. The maximum atomic E-state index is 12.5. The minimum absolute atomic E-state index is 0.0766. The van der Waals surface area contributed by atoms with Gasteiger partial charge in [-0.15, -0.1) is 0 Å². The Balaban J connectivity index is 1.62. The smallest absolute Gasteiger partial charge is 0.139 e. The Morgan fingerprint density at radius 3 is 2.73 bits per heavy atom. The summed E-state index contributed by atoms with van der Waals surface area (Å²) in [5, 5.41) is 0. The van der Waals surface area contributed by atoms with Gasteiger partial charge in [0.2, 0.25) is 0 Å². The van der Waals surface area contributed by atoms with Crippen LogP contribution < -0.4 is 0 Å². The van der Waals surface area contributed by atoms with E-state index in [-0.39, 0.29) is 16.4 Å². The fraction of sp³-hybridized carbons (Fsp3) is 0.947. The number of Topliss-reactive ketones (excluding diaryl/α,β-unsaturated/α-hetero) is 1. The molecule has 1 spiro atoms. The fourth-order valence-corrected chi connectivity index (χ4v) is 7.34. The van der Waals surface area contributed by atoms with Crippen molar-refractivity contribution in [1.29, 1.82) is 0 Å². The lowest BCUT2D eigenvalue weighted by atomic mass is 9.43. The molecule has 22 heavy (non-hydrogen) atoms. The van der Waals surface area contributed by atoms with Gasteiger partial charge in [-0.1, -0.05) is 13.8 Å². The summed E-state index contributed by atoms with van der Waals surface area (Å²) in [5.74, 6) is 2.31. The van der Waals surface area contributed by atoms with Crippen LogP contribution in [0.2, 0.25) is 0 Å². The van der Waals surface area contributed by atoms with E-state index in [1.54, 1.807) is 0 Å². The van der Waals surface area contributed by atoms with Crippen LogP contribution in [0.25, 0.3) is 0 Å². The minimum Gasteiger partial charge on any atom is -0.299 e. The monoisotopic (exact) mass is 304 g/mol. The number of carbonyl (C=O) groups excluding carboxylic acids is 1. The predicted octanol–water partition coefficient (Wildman–Crippen LogP) is 4.05. The molecule has 6 fully saturated rings. The molecular weight excluding hydrogens is 276 g/mol. The number of fused-ring (bicyclic) bond motifs is 4. The second-order valence-electron chi connectivity index (χ2n) is 9.25. The standard InChI is InChI=1S/C19H28O3/c1-17-9-10-19-15(14(17)5-6-16(17)20)4-3-12-11-13(21-22-19)7-8-18(12,19)2/h12-15H,3-11H2,1-2H3/t12?,13?,14?,15?,17-,18-,19+/m0/s1. The van der Waals surface area contributed by atoms with Crippen LogP contribution in [0.1, 0.15) is 71.6 Å². The van der Waals surface area contributed by atoms with Crippen molar-refractivity contribution < 1.29 is 14.6 Å². The lowest BCUT2D eigenvalue weighted by Crippen LogP contribution is -2.64. The van der Waals surface area contributed by atoms with Crippen molar-refractivity contribution in [3.63, 3.8) is 0 Å². The van der Waals surface area contributed by atoms with E-state index in [2.05, 4.69) is 13.8 Å². The molecule has 7 atom stereocenters. The van der Waals surface area contributed by atoms with Gasteiger partial charge < -0.3 is 0 Å². The van der Waals surface area contributed by atoms with Crippen molar-refractivity contribution in [2.24, 2.45) is 28.6 Å². The van der Waals surface area contributed by atoms with Gasteiger partial charge >= 0.3 is 0 Å². The first kappa shape index (κ1) is 14.0. The Hall–Kier alpha value is -0.410. The molecule has 4 aliphatic carbocycles. The zero-order valence-electron chi connectivity index (χ0n) is 13.9. The molecule has 2 saturated heterocycles. The molecule has 2 aliphatic heterocycles. The normalized spacial score (nSPS) is 59.8. The molecule has 3 heteroatoms. The molecule has 0 aromatic rings. The molecule has 122 valence electrons. The Morgan fingerprint density at radius 2 is 1.86 bits per heavy atom. The maximum absolute atomic E-state index is 12.5. The summed E-state index contributed by atoms with van der Waals surface area (Å²) in [7, 11) is 0. The van der Waals surface area contributed by atoms with Crippen molar-refractivity contribution >= 4 is 5.78 Å². The van der Waals surface area contributed by atoms with Crippen LogP contribution >= 0.6 is 0 Å². The molecule has 6 rings (SSSR count). The van der Waals surface area contributed by atoms with Crippen molar-refractivity contribution in [1.82, 2.24) is 0 Å². The lowest BCUT2D eigenvalue weighted by Gasteiger charge is -2.63. The molecule has 4 saturated carbocycles. The fourth-order valence-electron chi connectivity index (χ4n) is 7.34. The Morgan fingerprint density at radius 1 is 1.00 bits per heavy atom. The quantitative estimate of drug-likeness (QED) is 0.633. The Labute approximate surface area is 133 Å². The van der Waals surface area contributed by atoms with Crippen LogP contribution in [0, 0.1) is 28.6 Å². The van der Waals surface area contributed by atoms with E-state index >= 15 is 0 Å². The molecule has 4 unspecified atom stereocenters. The molecule has 6 aliphatic rings. The second kappa shape index (κ2) is 4.16. The third-order valence-corrected chi connectivity index (χ3v) is 8.80.